The van der Waals surface area contributed by atoms with Gasteiger partial charge in [-0.3, -0.25) is 0 Å². The van der Waals surface area contributed by atoms with Gasteiger partial charge >= 0.3 is 0 Å². The maximum atomic E-state index is 5.79. The molecular weight excluding hydrogens is 190 g/mol. The first kappa shape index (κ1) is 11.6. The molecule has 0 aromatic carbocycles. The number of aromatic nitrogens is 1. The summed E-state index contributed by atoms with van der Waals surface area (Å²) in [6.07, 6.45) is 0. The smallest absolute Gasteiger partial charge is 0.215 e. The summed E-state index contributed by atoms with van der Waals surface area (Å²) >= 11 is 0. The number of hydrogen-bond donors (Lipinski definition) is 2. The van der Waals surface area contributed by atoms with Crippen molar-refractivity contribution in [2.75, 3.05) is 24.7 Å². The van der Waals surface area contributed by atoms with Crippen LogP contribution in [0.4, 0.5) is 11.5 Å². The topological polar surface area (TPSA) is 60.2 Å². The zero-order valence-corrected chi connectivity index (χ0v) is 9.79. The highest BCUT2D eigenvalue weighted by Crippen LogP contribution is 2.21. The lowest BCUT2D eigenvalue weighted by atomic mass is 9.97. The lowest BCUT2D eigenvalue weighted by molar-refractivity contribution is 0.398. The lowest BCUT2D eigenvalue weighted by Gasteiger charge is -2.20. The number of pyridine rings is 1. The number of nitrogens with zero attached hydrogens (tertiary/aromatic N) is 1. The Kier molecular flexibility index (Phi) is 3.39. The minimum absolute atomic E-state index is 0.192. The first-order valence-corrected chi connectivity index (χ1v) is 4.97. The van der Waals surface area contributed by atoms with Gasteiger partial charge in [0.2, 0.25) is 5.88 Å². The van der Waals surface area contributed by atoms with E-state index in [9.17, 15) is 0 Å². The summed E-state index contributed by atoms with van der Waals surface area (Å²) in [6.45, 7) is 7.26. The van der Waals surface area contributed by atoms with Crippen LogP contribution in [0.5, 0.6) is 5.88 Å². The number of nitrogen functional groups attached to an aromatic ring is 1. The Bertz CT molecular complexity index is 331. The van der Waals surface area contributed by atoms with Crippen LogP contribution in [0.25, 0.3) is 0 Å². The van der Waals surface area contributed by atoms with E-state index in [1.165, 1.54) is 0 Å². The van der Waals surface area contributed by atoms with Gasteiger partial charge in [0.1, 0.15) is 0 Å². The summed E-state index contributed by atoms with van der Waals surface area (Å²) in [7, 11) is 1.59. The first-order chi connectivity index (χ1) is 6.92. The fraction of sp³-hybridized carbons (Fsp3) is 0.545. The Balaban J connectivity index is 2.75. The van der Waals surface area contributed by atoms with Crippen LogP contribution in [0.2, 0.25) is 0 Å². The van der Waals surface area contributed by atoms with Crippen LogP contribution >= 0.6 is 0 Å². The molecule has 4 nitrogen and oxygen atoms in total. The summed E-state index contributed by atoms with van der Waals surface area (Å²) < 4.78 is 5.04. The molecule has 0 unspecified atom stereocenters. The molecule has 1 aromatic heterocycles. The molecule has 1 heterocycles. The van der Waals surface area contributed by atoms with E-state index >= 15 is 0 Å². The van der Waals surface area contributed by atoms with Crippen LogP contribution in [0, 0.1) is 5.41 Å². The number of anilines is 2. The highest BCUT2D eigenvalue weighted by atomic mass is 16.5. The Labute approximate surface area is 90.8 Å². The van der Waals surface area contributed by atoms with E-state index in [0.29, 0.717) is 17.4 Å². The predicted octanol–water partition coefficient (Wildman–Crippen LogP) is 2.13. The Morgan fingerprint density at radius 1 is 1.40 bits per heavy atom. The lowest BCUT2D eigenvalue weighted by Crippen LogP contribution is -2.20. The van der Waals surface area contributed by atoms with E-state index < -0.39 is 0 Å². The summed E-state index contributed by atoms with van der Waals surface area (Å²) in [5.41, 5.74) is 6.62. The van der Waals surface area contributed by atoms with Crippen LogP contribution in [-0.4, -0.2) is 18.6 Å². The molecule has 0 atom stereocenters. The fourth-order valence-corrected chi connectivity index (χ4v) is 1.06. The van der Waals surface area contributed by atoms with E-state index in [4.69, 9.17) is 10.5 Å². The van der Waals surface area contributed by atoms with E-state index in [-0.39, 0.29) is 5.41 Å². The summed E-state index contributed by atoms with van der Waals surface area (Å²) in [4.78, 5) is 4.24. The number of methoxy groups -OCH3 is 1. The normalized spacial score (nSPS) is 11.2. The van der Waals surface area contributed by atoms with Crippen LogP contribution in [0.1, 0.15) is 20.8 Å². The average Bonchev–Trinajstić information content (AvgIpc) is 2.15. The van der Waals surface area contributed by atoms with Gasteiger partial charge in [0.15, 0.2) is 5.82 Å². The number of nitrogens with two attached hydrogens (primary N) is 1. The summed E-state index contributed by atoms with van der Waals surface area (Å²) in [6, 6.07) is 3.54. The van der Waals surface area contributed by atoms with Gasteiger partial charge < -0.3 is 15.8 Å². The SMILES string of the molecule is COc1ccc(N)c(NCC(C)(C)C)n1. The zero-order valence-electron chi connectivity index (χ0n) is 9.79. The summed E-state index contributed by atoms with van der Waals surface area (Å²) in [5.74, 6) is 1.25. The molecule has 84 valence electrons. The molecule has 0 bridgehead atoms. The third-order valence-electron chi connectivity index (χ3n) is 1.90. The van der Waals surface area contributed by atoms with Crippen LogP contribution in [0.3, 0.4) is 0 Å². The van der Waals surface area contributed by atoms with Gasteiger partial charge in [0, 0.05) is 12.6 Å². The molecule has 0 radical (unpaired) electrons. The van der Waals surface area contributed by atoms with Gasteiger partial charge in [-0.05, 0) is 11.5 Å². The molecule has 0 aliphatic heterocycles. The van der Waals surface area contributed by atoms with Crippen molar-refractivity contribution in [2.24, 2.45) is 5.41 Å². The van der Waals surface area contributed by atoms with Gasteiger partial charge in [-0.15, -0.1) is 0 Å². The molecule has 1 aromatic rings. The highest BCUT2D eigenvalue weighted by Gasteiger charge is 2.11. The van der Waals surface area contributed by atoms with Crippen molar-refractivity contribution in [3.8, 4) is 5.88 Å². The van der Waals surface area contributed by atoms with Crippen LogP contribution in [0.15, 0.2) is 12.1 Å². The number of hydrogen-bond acceptors (Lipinski definition) is 4. The maximum absolute atomic E-state index is 5.79. The summed E-state index contributed by atoms with van der Waals surface area (Å²) in [5, 5.41) is 3.21. The molecule has 0 spiro atoms. The molecular formula is C11H19N3O. The zero-order chi connectivity index (χ0) is 11.5. The molecule has 3 N–H and O–H groups in total. The second-order valence-corrected chi connectivity index (χ2v) is 4.71. The molecule has 0 saturated carbocycles. The van der Waals surface area contributed by atoms with E-state index in [0.717, 1.165) is 6.54 Å². The molecule has 0 fully saturated rings. The van der Waals surface area contributed by atoms with Gasteiger partial charge in [-0.1, -0.05) is 20.8 Å². The molecule has 0 amide bonds. The Hall–Kier alpha value is -1.45. The molecule has 0 aliphatic rings. The molecule has 15 heavy (non-hydrogen) atoms. The molecule has 4 heteroatoms. The van der Waals surface area contributed by atoms with Crippen molar-refractivity contribution in [3.05, 3.63) is 12.1 Å². The quantitative estimate of drug-likeness (QED) is 0.800. The monoisotopic (exact) mass is 209 g/mol. The third-order valence-corrected chi connectivity index (χ3v) is 1.90. The average molecular weight is 209 g/mol. The molecule has 0 saturated heterocycles. The van der Waals surface area contributed by atoms with Crippen molar-refractivity contribution in [3.63, 3.8) is 0 Å². The Morgan fingerprint density at radius 3 is 2.60 bits per heavy atom. The second kappa shape index (κ2) is 4.38. The number of nitrogens with one attached hydrogen (secondary N) is 1. The van der Waals surface area contributed by atoms with Gasteiger partial charge in [0.05, 0.1) is 12.8 Å². The van der Waals surface area contributed by atoms with Crippen molar-refractivity contribution in [2.45, 2.75) is 20.8 Å². The van der Waals surface area contributed by atoms with Gasteiger partial charge in [-0.25, -0.2) is 0 Å². The number of ether oxygens (including phenoxy) is 1. The van der Waals surface area contributed by atoms with E-state index in [1.54, 1.807) is 19.2 Å². The first-order valence-electron chi connectivity index (χ1n) is 4.97. The minimum atomic E-state index is 0.192. The van der Waals surface area contributed by atoms with E-state index in [2.05, 4.69) is 31.1 Å². The third kappa shape index (κ3) is 3.65. The van der Waals surface area contributed by atoms with Crippen LogP contribution in [-0.2, 0) is 0 Å². The number of rotatable bonds is 3. The van der Waals surface area contributed by atoms with Crippen molar-refractivity contribution in [1.29, 1.82) is 0 Å². The largest absolute Gasteiger partial charge is 0.481 e. The molecule has 1 rings (SSSR count). The van der Waals surface area contributed by atoms with Crippen molar-refractivity contribution >= 4 is 11.5 Å². The minimum Gasteiger partial charge on any atom is -0.481 e. The van der Waals surface area contributed by atoms with Gasteiger partial charge in [0.25, 0.3) is 0 Å². The molecule has 0 aliphatic carbocycles. The van der Waals surface area contributed by atoms with E-state index in [1.807, 2.05) is 0 Å². The Morgan fingerprint density at radius 2 is 2.07 bits per heavy atom. The maximum Gasteiger partial charge on any atom is 0.215 e. The second-order valence-electron chi connectivity index (χ2n) is 4.71. The predicted molar refractivity (Wildman–Crippen MR) is 63.1 cm³/mol. The van der Waals surface area contributed by atoms with Crippen LogP contribution < -0.4 is 15.8 Å². The fourth-order valence-electron chi connectivity index (χ4n) is 1.06. The van der Waals surface area contributed by atoms with Crippen molar-refractivity contribution < 1.29 is 4.74 Å². The highest BCUT2D eigenvalue weighted by molar-refractivity contribution is 5.61. The standard InChI is InChI=1S/C11H19N3O/c1-11(2,3)7-13-10-8(12)5-6-9(14-10)15-4/h5-6H,7,12H2,1-4H3,(H,13,14). The van der Waals surface area contributed by atoms with Gasteiger partial charge in [-0.2, -0.15) is 4.98 Å². The van der Waals surface area contributed by atoms with Crippen molar-refractivity contribution in [1.82, 2.24) is 4.98 Å².